The van der Waals surface area contributed by atoms with Crippen molar-refractivity contribution in [2.45, 2.75) is 0 Å². The van der Waals surface area contributed by atoms with E-state index in [9.17, 15) is 0 Å². The van der Waals surface area contributed by atoms with Gasteiger partial charge in [-0.2, -0.15) is 0 Å². The van der Waals surface area contributed by atoms with Crippen LogP contribution in [-0.2, 0) is 0 Å². The number of rotatable bonds is 4. The van der Waals surface area contributed by atoms with E-state index < -0.39 is 0 Å². The Morgan fingerprint density at radius 3 is 1.39 bits per heavy atom. The average molecular weight is 463 g/mol. The summed E-state index contributed by atoms with van der Waals surface area (Å²) in [6, 6.07) is 39.3. The van der Waals surface area contributed by atoms with Gasteiger partial charge in [0.1, 0.15) is 0 Å². The number of hydrogen-bond donors (Lipinski definition) is 0. The first kappa shape index (κ1) is 19.4. The smallest absolute Gasteiger partial charge is 0.160 e. The maximum absolute atomic E-state index is 4.94. The molecular weight excluding hydrogens is 444 g/mol. The molecule has 1 aromatic heterocycles. The fourth-order valence-corrected chi connectivity index (χ4v) is 4.10. The number of aromatic nitrogens is 2. The molecule has 3 heteroatoms. The molecule has 31 heavy (non-hydrogen) atoms. The lowest BCUT2D eigenvalue weighted by molar-refractivity contribution is 1.18. The van der Waals surface area contributed by atoms with E-state index in [4.69, 9.17) is 9.97 Å². The predicted molar refractivity (Wildman–Crippen MR) is 131 cm³/mol. The van der Waals surface area contributed by atoms with Crippen molar-refractivity contribution in [1.82, 2.24) is 9.97 Å². The Labute approximate surface area is 190 Å². The number of hydrogen-bond acceptors (Lipinski definition) is 2. The Kier molecular flexibility index (Phi) is 5.42. The third-order valence-electron chi connectivity index (χ3n) is 5.13. The molecule has 0 saturated carbocycles. The second-order valence-corrected chi connectivity index (χ2v) is 8.20. The zero-order valence-electron chi connectivity index (χ0n) is 16.7. The third kappa shape index (κ3) is 4.32. The zero-order valence-corrected chi connectivity index (χ0v) is 18.3. The van der Waals surface area contributed by atoms with Gasteiger partial charge < -0.3 is 0 Å². The molecule has 0 aliphatic rings. The Morgan fingerprint density at radius 1 is 0.419 bits per heavy atom. The molecule has 0 saturated heterocycles. The van der Waals surface area contributed by atoms with Crippen LogP contribution in [-0.4, -0.2) is 9.97 Å². The van der Waals surface area contributed by atoms with Gasteiger partial charge in [0.25, 0.3) is 0 Å². The largest absolute Gasteiger partial charge is 0.228 e. The second-order valence-electron chi connectivity index (χ2n) is 7.29. The molecule has 0 spiro atoms. The fourth-order valence-electron chi connectivity index (χ4n) is 3.61. The standard InChI is InChI=1S/C28H19BrN2/c29-25-17-23(20-10-4-1-5-11-20)16-24(18-25)28-30-26(21-12-6-2-7-13-21)19-27(31-28)22-14-8-3-9-15-22/h1-19H. The molecule has 4 aromatic carbocycles. The quantitative estimate of drug-likeness (QED) is 0.271. The predicted octanol–water partition coefficient (Wildman–Crippen LogP) is 7.91. The van der Waals surface area contributed by atoms with Gasteiger partial charge in [-0.1, -0.05) is 107 Å². The molecule has 5 aromatic rings. The van der Waals surface area contributed by atoms with Gasteiger partial charge in [0.2, 0.25) is 0 Å². The van der Waals surface area contributed by atoms with E-state index >= 15 is 0 Å². The number of halogens is 1. The van der Waals surface area contributed by atoms with Crippen molar-refractivity contribution in [3.8, 4) is 45.0 Å². The zero-order chi connectivity index (χ0) is 21.0. The molecule has 0 N–H and O–H groups in total. The average Bonchev–Trinajstić information content (AvgIpc) is 2.85. The van der Waals surface area contributed by atoms with E-state index in [1.54, 1.807) is 0 Å². The first-order valence-corrected chi connectivity index (χ1v) is 10.9. The molecular formula is C28H19BrN2. The molecule has 0 amide bonds. The number of nitrogens with zero attached hydrogens (tertiary/aromatic N) is 2. The van der Waals surface area contributed by atoms with Crippen molar-refractivity contribution in [1.29, 1.82) is 0 Å². The summed E-state index contributed by atoms with van der Waals surface area (Å²) in [7, 11) is 0. The van der Waals surface area contributed by atoms with Crippen molar-refractivity contribution in [2.24, 2.45) is 0 Å². The minimum absolute atomic E-state index is 0.707. The van der Waals surface area contributed by atoms with Crippen molar-refractivity contribution in [2.75, 3.05) is 0 Å². The molecule has 0 atom stereocenters. The summed E-state index contributed by atoms with van der Waals surface area (Å²) in [5.41, 5.74) is 7.22. The molecule has 0 fully saturated rings. The van der Waals surface area contributed by atoms with E-state index in [0.29, 0.717) is 5.82 Å². The monoisotopic (exact) mass is 462 g/mol. The van der Waals surface area contributed by atoms with E-state index in [2.05, 4.69) is 88.7 Å². The van der Waals surface area contributed by atoms with Gasteiger partial charge in [-0.15, -0.1) is 0 Å². The van der Waals surface area contributed by atoms with Crippen LogP contribution in [0.1, 0.15) is 0 Å². The van der Waals surface area contributed by atoms with Crippen LogP contribution in [0.25, 0.3) is 45.0 Å². The Morgan fingerprint density at radius 2 is 0.871 bits per heavy atom. The van der Waals surface area contributed by atoms with E-state index in [1.807, 2.05) is 42.5 Å². The summed E-state index contributed by atoms with van der Waals surface area (Å²) in [5, 5.41) is 0. The molecule has 1 heterocycles. The van der Waals surface area contributed by atoms with E-state index in [-0.39, 0.29) is 0 Å². The third-order valence-corrected chi connectivity index (χ3v) is 5.59. The van der Waals surface area contributed by atoms with Crippen LogP contribution in [0.2, 0.25) is 0 Å². The summed E-state index contributed by atoms with van der Waals surface area (Å²) in [5.74, 6) is 0.707. The lowest BCUT2D eigenvalue weighted by Crippen LogP contribution is -1.96. The molecule has 0 unspecified atom stereocenters. The molecule has 5 rings (SSSR count). The second kappa shape index (κ2) is 8.66. The van der Waals surface area contributed by atoms with Crippen molar-refractivity contribution in [3.63, 3.8) is 0 Å². The Bertz CT molecular complexity index is 1260. The Balaban J connectivity index is 1.70. The summed E-state index contributed by atoms with van der Waals surface area (Å²) >= 11 is 3.68. The summed E-state index contributed by atoms with van der Waals surface area (Å²) < 4.78 is 0.999. The van der Waals surface area contributed by atoms with Crippen LogP contribution < -0.4 is 0 Å². The van der Waals surface area contributed by atoms with Crippen LogP contribution in [0.15, 0.2) is 120 Å². The molecule has 2 nitrogen and oxygen atoms in total. The highest BCUT2D eigenvalue weighted by Gasteiger charge is 2.12. The van der Waals surface area contributed by atoms with Crippen LogP contribution >= 0.6 is 15.9 Å². The van der Waals surface area contributed by atoms with E-state index in [0.717, 1.165) is 43.7 Å². The van der Waals surface area contributed by atoms with Gasteiger partial charge in [0.05, 0.1) is 11.4 Å². The summed E-state index contributed by atoms with van der Waals surface area (Å²) in [6.07, 6.45) is 0. The van der Waals surface area contributed by atoms with Crippen molar-refractivity contribution in [3.05, 3.63) is 120 Å². The first-order chi connectivity index (χ1) is 15.3. The minimum Gasteiger partial charge on any atom is -0.228 e. The highest BCUT2D eigenvalue weighted by Crippen LogP contribution is 2.32. The van der Waals surface area contributed by atoms with Crippen molar-refractivity contribution < 1.29 is 0 Å². The van der Waals surface area contributed by atoms with Crippen molar-refractivity contribution >= 4 is 15.9 Å². The van der Waals surface area contributed by atoms with Crippen LogP contribution in [0.3, 0.4) is 0 Å². The molecule has 148 valence electrons. The van der Waals surface area contributed by atoms with Gasteiger partial charge in [-0.25, -0.2) is 9.97 Å². The van der Waals surface area contributed by atoms with Gasteiger partial charge in [0, 0.05) is 21.2 Å². The van der Waals surface area contributed by atoms with Gasteiger partial charge in [0.15, 0.2) is 5.82 Å². The van der Waals surface area contributed by atoms with Gasteiger partial charge in [-0.3, -0.25) is 0 Å². The summed E-state index contributed by atoms with van der Waals surface area (Å²) in [4.78, 5) is 9.89. The van der Waals surface area contributed by atoms with Gasteiger partial charge in [-0.05, 0) is 35.4 Å². The molecule has 0 aliphatic carbocycles. The summed E-state index contributed by atoms with van der Waals surface area (Å²) in [6.45, 7) is 0. The normalized spacial score (nSPS) is 10.7. The van der Waals surface area contributed by atoms with Crippen LogP contribution in [0.4, 0.5) is 0 Å². The maximum atomic E-state index is 4.94. The fraction of sp³-hybridized carbons (Fsp3) is 0. The SMILES string of the molecule is Brc1cc(-c2ccccc2)cc(-c2nc(-c3ccccc3)cc(-c3ccccc3)n2)c1. The highest BCUT2D eigenvalue weighted by atomic mass is 79.9. The first-order valence-electron chi connectivity index (χ1n) is 10.1. The highest BCUT2D eigenvalue weighted by molar-refractivity contribution is 9.10. The number of benzene rings is 4. The van der Waals surface area contributed by atoms with Crippen LogP contribution in [0, 0.1) is 0 Å². The molecule has 0 radical (unpaired) electrons. The van der Waals surface area contributed by atoms with Crippen LogP contribution in [0.5, 0.6) is 0 Å². The molecule has 0 bridgehead atoms. The van der Waals surface area contributed by atoms with E-state index in [1.165, 1.54) is 0 Å². The molecule has 0 aliphatic heterocycles. The topological polar surface area (TPSA) is 25.8 Å². The lowest BCUT2D eigenvalue weighted by atomic mass is 10.0. The minimum atomic E-state index is 0.707. The lowest BCUT2D eigenvalue weighted by Gasteiger charge is -2.11. The Hall–Kier alpha value is -3.56. The maximum Gasteiger partial charge on any atom is 0.160 e. The van der Waals surface area contributed by atoms with Gasteiger partial charge >= 0.3 is 0 Å².